The molecule has 3 rings (SSSR count). The van der Waals surface area contributed by atoms with Gasteiger partial charge in [0.25, 0.3) is 0 Å². The molecule has 150 valence electrons. The molecule has 0 aliphatic carbocycles. The SMILES string of the molecule is COc1ccc(C(=O)CCN2CCN(CCc3cccc(OC)c3)CC2)cc1. The molecule has 1 aliphatic heterocycles. The standard InChI is InChI=1S/C23H30N2O3/c1-27-21-8-6-20(7-9-21)23(26)11-13-25-16-14-24(15-17-25)12-10-19-4-3-5-22(18-19)28-2/h3-9,18H,10-17H2,1-2H3. The van der Waals surface area contributed by atoms with Gasteiger partial charge in [0.15, 0.2) is 5.78 Å². The number of carbonyl (C=O) groups excluding carboxylic acids is 1. The van der Waals surface area contributed by atoms with Crippen molar-refractivity contribution in [2.75, 3.05) is 53.5 Å². The van der Waals surface area contributed by atoms with Gasteiger partial charge in [-0.05, 0) is 48.4 Å². The second kappa shape index (κ2) is 10.2. The van der Waals surface area contributed by atoms with E-state index in [2.05, 4.69) is 21.9 Å². The van der Waals surface area contributed by atoms with Crippen LogP contribution in [-0.2, 0) is 6.42 Å². The van der Waals surface area contributed by atoms with Gasteiger partial charge in [-0.25, -0.2) is 0 Å². The third-order valence-corrected chi connectivity index (χ3v) is 5.38. The Balaban J connectivity index is 1.37. The summed E-state index contributed by atoms with van der Waals surface area (Å²) in [6, 6.07) is 15.7. The van der Waals surface area contributed by atoms with Crippen LogP contribution in [0.1, 0.15) is 22.3 Å². The van der Waals surface area contributed by atoms with Crippen molar-refractivity contribution in [3.05, 3.63) is 59.7 Å². The van der Waals surface area contributed by atoms with E-state index in [4.69, 9.17) is 9.47 Å². The van der Waals surface area contributed by atoms with Crippen LogP contribution in [0.25, 0.3) is 0 Å². The van der Waals surface area contributed by atoms with Crippen LogP contribution in [0.5, 0.6) is 11.5 Å². The largest absolute Gasteiger partial charge is 0.497 e. The molecule has 1 saturated heterocycles. The van der Waals surface area contributed by atoms with Crippen LogP contribution < -0.4 is 9.47 Å². The lowest BCUT2D eigenvalue weighted by Crippen LogP contribution is -2.47. The van der Waals surface area contributed by atoms with E-state index < -0.39 is 0 Å². The molecule has 0 amide bonds. The van der Waals surface area contributed by atoms with Crippen LogP contribution in [0.15, 0.2) is 48.5 Å². The zero-order chi connectivity index (χ0) is 19.8. The Morgan fingerprint density at radius 2 is 1.50 bits per heavy atom. The van der Waals surface area contributed by atoms with Gasteiger partial charge in [-0.2, -0.15) is 0 Å². The second-order valence-corrected chi connectivity index (χ2v) is 7.19. The lowest BCUT2D eigenvalue weighted by atomic mass is 10.1. The summed E-state index contributed by atoms with van der Waals surface area (Å²) >= 11 is 0. The van der Waals surface area contributed by atoms with E-state index in [1.807, 2.05) is 36.4 Å². The first-order chi connectivity index (χ1) is 13.7. The summed E-state index contributed by atoms with van der Waals surface area (Å²) in [6.45, 7) is 6.05. The van der Waals surface area contributed by atoms with Crippen LogP contribution in [0.3, 0.4) is 0 Å². The maximum absolute atomic E-state index is 12.4. The molecule has 1 fully saturated rings. The van der Waals surface area contributed by atoms with Crippen molar-refractivity contribution in [2.24, 2.45) is 0 Å². The van der Waals surface area contributed by atoms with Crippen molar-refractivity contribution in [3.8, 4) is 11.5 Å². The quantitative estimate of drug-likeness (QED) is 0.624. The molecular weight excluding hydrogens is 352 g/mol. The summed E-state index contributed by atoms with van der Waals surface area (Å²) in [4.78, 5) is 17.3. The molecule has 0 bridgehead atoms. The highest BCUT2D eigenvalue weighted by Gasteiger charge is 2.17. The van der Waals surface area contributed by atoms with Crippen LogP contribution in [0, 0.1) is 0 Å². The number of hydrogen-bond donors (Lipinski definition) is 0. The molecule has 28 heavy (non-hydrogen) atoms. The van der Waals surface area contributed by atoms with Crippen molar-refractivity contribution < 1.29 is 14.3 Å². The van der Waals surface area contributed by atoms with Crippen LogP contribution >= 0.6 is 0 Å². The van der Waals surface area contributed by atoms with Gasteiger partial charge in [-0.3, -0.25) is 4.79 Å². The third-order valence-electron chi connectivity index (χ3n) is 5.38. The highest BCUT2D eigenvalue weighted by molar-refractivity contribution is 5.96. The molecule has 0 aromatic heterocycles. The molecule has 0 atom stereocenters. The Kier molecular flexibility index (Phi) is 7.46. The third kappa shape index (κ3) is 5.81. The van der Waals surface area contributed by atoms with Crippen molar-refractivity contribution in [3.63, 3.8) is 0 Å². The van der Waals surface area contributed by atoms with E-state index in [1.54, 1.807) is 14.2 Å². The summed E-state index contributed by atoms with van der Waals surface area (Å²) in [5.41, 5.74) is 2.07. The number of ketones is 1. The van der Waals surface area contributed by atoms with Gasteiger partial charge >= 0.3 is 0 Å². The first-order valence-corrected chi connectivity index (χ1v) is 9.93. The van der Waals surface area contributed by atoms with Gasteiger partial charge in [0, 0.05) is 51.3 Å². The first kappa shape index (κ1) is 20.4. The van der Waals surface area contributed by atoms with E-state index in [-0.39, 0.29) is 5.78 Å². The lowest BCUT2D eigenvalue weighted by Gasteiger charge is -2.34. The molecule has 0 spiro atoms. The molecule has 0 saturated carbocycles. The number of carbonyl (C=O) groups is 1. The van der Waals surface area contributed by atoms with Gasteiger partial charge in [0.2, 0.25) is 0 Å². The van der Waals surface area contributed by atoms with Crippen molar-refractivity contribution in [2.45, 2.75) is 12.8 Å². The van der Waals surface area contributed by atoms with Crippen LogP contribution in [0.4, 0.5) is 0 Å². The minimum absolute atomic E-state index is 0.197. The minimum atomic E-state index is 0.197. The second-order valence-electron chi connectivity index (χ2n) is 7.19. The lowest BCUT2D eigenvalue weighted by molar-refractivity contribution is 0.0929. The molecule has 1 heterocycles. The number of benzene rings is 2. The van der Waals surface area contributed by atoms with Crippen molar-refractivity contribution >= 4 is 5.78 Å². The summed E-state index contributed by atoms with van der Waals surface area (Å²) in [5, 5.41) is 0. The maximum atomic E-state index is 12.4. The topological polar surface area (TPSA) is 42.0 Å². The smallest absolute Gasteiger partial charge is 0.164 e. The van der Waals surface area contributed by atoms with Gasteiger partial charge in [0.05, 0.1) is 14.2 Å². The van der Waals surface area contributed by atoms with Gasteiger partial charge in [-0.15, -0.1) is 0 Å². The van der Waals surface area contributed by atoms with Gasteiger partial charge in [-0.1, -0.05) is 12.1 Å². The number of hydrogen-bond acceptors (Lipinski definition) is 5. The highest BCUT2D eigenvalue weighted by Crippen LogP contribution is 2.15. The van der Waals surface area contributed by atoms with E-state index in [0.717, 1.165) is 62.8 Å². The molecule has 2 aromatic rings. The number of methoxy groups -OCH3 is 2. The van der Waals surface area contributed by atoms with Crippen LogP contribution in [0.2, 0.25) is 0 Å². The zero-order valence-electron chi connectivity index (χ0n) is 16.9. The van der Waals surface area contributed by atoms with Crippen molar-refractivity contribution in [1.29, 1.82) is 0 Å². The molecule has 5 heteroatoms. The number of ether oxygens (including phenoxy) is 2. The average molecular weight is 383 g/mol. The first-order valence-electron chi connectivity index (χ1n) is 9.93. The fourth-order valence-corrected chi connectivity index (χ4v) is 3.53. The number of rotatable bonds is 9. The highest BCUT2D eigenvalue weighted by atomic mass is 16.5. The predicted octanol–water partition coefficient (Wildman–Crippen LogP) is 3.14. The average Bonchev–Trinajstić information content (AvgIpc) is 2.77. The Bertz CT molecular complexity index is 753. The molecule has 0 radical (unpaired) electrons. The zero-order valence-corrected chi connectivity index (χ0v) is 16.9. The van der Waals surface area contributed by atoms with E-state index in [0.29, 0.717) is 6.42 Å². The molecule has 0 unspecified atom stereocenters. The van der Waals surface area contributed by atoms with Gasteiger partial charge in [0.1, 0.15) is 11.5 Å². The number of nitrogens with zero attached hydrogens (tertiary/aromatic N) is 2. The summed E-state index contributed by atoms with van der Waals surface area (Å²) in [6.07, 6.45) is 1.60. The van der Waals surface area contributed by atoms with Crippen LogP contribution in [-0.4, -0.2) is 69.1 Å². The fourth-order valence-electron chi connectivity index (χ4n) is 3.53. The fraction of sp³-hybridized carbons (Fsp3) is 0.435. The minimum Gasteiger partial charge on any atom is -0.497 e. The molecular formula is C23H30N2O3. The summed E-state index contributed by atoms with van der Waals surface area (Å²) < 4.78 is 10.4. The molecule has 5 nitrogen and oxygen atoms in total. The Hall–Kier alpha value is -2.37. The molecule has 2 aromatic carbocycles. The Labute approximate surface area is 167 Å². The van der Waals surface area contributed by atoms with E-state index in [1.165, 1.54) is 5.56 Å². The normalized spacial score (nSPS) is 15.4. The Morgan fingerprint density at radius 1 is 0.857 bits per heavy atom. The summed E-state index contributed by atoms with van der Waals surface area (Å²) in [7, 11) is 3.34. The maximum Gasteiger partial charge on any atom is 0.164 e. The predicted molar refractivity (Wildman–Crippen MR) is 112 cm³/mol. The summed E-state index contributed by atoms with van der Waals surface area (Å²) in [5.74, 6) is 1.90. The van der Waals surface area contributed by atoms with E-state index in [9.17, 15) is 4.79 Å². The van der Waals surface area contributed by atoms with Gasteiger partial charge < -0.3 is 19.3 Å². The number of piperazine rings is 1. The molecule has 0 N–H and O–H groups in total. The Morgan fingerprint density at radius 3 is 2.14 bits per heavy atom. The monoisotopic (exact) mass is 382 g/mol. The number of Topliss-reactive ketones (excluding diaryl/α,β-unsaturated/α-hetero) is 1. The molecule has 1 aliphatic rings. The van der Waals surface area contributed by atoms with E-state index >= 15 is 0 Å². The van der Waals surface area contributed by atoms with Crippen molar-refractivity contribution in [1.82, 2.24) is 9.80 Å².